The molecule has 0 fully saturated rings. The Kier molecular flexibility index (Phi) is 2.97. The van der Waals surface area contributed by atoms with Crippen LogP contribution < -0.4 is 5.73 Å². The number of hydrogen-bond acceptors (Lipinski definition) is 2. The van der Waals surface area contributed by atoms with E-state index >= 15 is 0 Å². The predicted molar refractivity (Wildman–Crippen MR) is 65.1 cm³/mol. The summed E-state index contributed by atoms with van der Waals surface area (Å²) in [6, 6.07) is 4.52. The molecule has 4 heteroatoms. The van der Waals surface area contributed by atoms with Crippen molar-refractivity contribution in [2.45, 2.75) is 19.8 Å². The molecule has 0 unspecified atom stereocenters. The Morgan fingerprint density at radius 2 is 2.19 bits per heavy atom. The van der Waals surface area contributed by atoms with Gasteiger partial charge in [-0.2, -0.15) is 0 Å². The van der Waals surface area contributed by atoms with E-state index in [2.05, 4.69) is 11.9 Å². The highest BCUT2D eigenvalue weighted by molar-refractivity contribution is 6.35. The average Bonchev–Trinajstić information content (AvgIpc) is 2.23. The first kappa shape index (κ1) is 11.1. The molecule has 0 aliphatic carbocycles. The Hall–Kier alpha value is -1.35. The van der Waals surface area contributed by atoms with Crippen LogP contribution in [0.4, 0.5) is 10.1 Å². The van der Waals surface area contributed by atoms with Crippen LogP contribution in [-0.2, 0) is 6.42 Å². The van der Waals surface area contributed by atoms with Gasteiger partial charge in [-0.1, -0.05) is 24.9 Å². The van der Waals surface area contributed by atoms with E-state index in [1.54, 1.807) is 6.07 Å². The summed E-state index contributed by atoms with van der Waals surface area (Å²) in [5.41, 5.74) is 7.51. The normalized spacial score (nSPS) is 10.9. The second kappa shape index (κ2) is 4.26. The fraction of sp³-hybridized carbons (Fsp3) is 0.250. The lowest BCUT2D eigenvalue weighted by Gasteiger charge is -2.07. The molecule has 84 valence electrons. The van der Waals surface area contributed by atoms with Crippen LogP contribution in [-0.4, -0.2) is 4.98 Å². The quantitative estimate of drug-likeness (QED) is 0.869. The van der Waals surface area contributed by atoms with Crippen LogP contribution in [0.25, 0.3) is 10.9 Å². The molecule has 0 aliphatic rings. The molecule has 16 heavy (non-hydrogen) atoms. The van der Waals surface area contributed by atoms with Gasteiger partial charge >= 0.3 is 0 Å². The number of halogens is 2. The monoisotopic (exact) mass is 238 g/mol. The minimum absolute atomic E-state index is 0.312. The zero-order valence-corrected chi connectivity index (χ0v) is 9.68. The molecule has 1 heterocycles. The highest BCUT2D eigenvalue weighted by atomic mass is 35.5. The van der Waals surface area contributed by atoms with Gasteiger partial charge in [-0.25, -0.2) is 4.39 Å². The number of hydrogen-bond donors (Lipinski definition) is 1. The third-order valence-corrected chi connectivity index (χ3v) is 2.76. The van der Waals surface area contributed by atoms with Crippen LogP contribution >= 0.6 is 11.6 Å². The van der Waals surface area contributed by atoms with Crippen LogP contribution in [0.15, 0.2) is 18.2 Å². The van der Waals surface area contributed by atoms with E-state index in [4.69, 9.17) is 17.3 Å². The number of anilines is 1. The van der Waals surface area contributed by atoms with Crippen molar-refractivity contribution in [2.24, 2.45) is 0 Å². The van der Waals surface area contributed by atoms with Crippen molar-refractivity contribution in [3.05, 3.63) is 34.7 Å². The maximum Gasteiger partial charge on any atom is 0.134 e. The number of nitrogens with zero attached hydrogens (tertiary/aromatic N) is 1. The molecule has 0 spiro atoms. The lowest BCUT2D eigenvalue weighted by molar-refractivity contribution is 0.640. The zero-order chi connectivity index (χ0) is 11.7. The lowest BCUT2D eigenvalue weighted by atomic mass is 10.1. The summed E-state index contributed by atoms with van der Waals surface area (Å²) in [5, 5.41) is 0.744. The number of nitrogens with two attached hydrogens (primary N) is 1. The van der Waals surface area contributed by atoms with Crippen molar-refractivity contribution >= 4 is 28.2 Å². The maximum atomic E-state index is 13.6. The summed E-state index contributed by atoms with van der Waals surface area (Å²) in [4.78, 5) is 4.33. The molecule has 2 nitrogen and oxygen atoms in total. The van der Waals surface area contributed by atoms with Crippen molar-refractivity contribution in [3.8, 4) is 0 Å². The maximum absolute atomic E-state index is 13.6. The largest absolute Gasteiger partial charge is 0.398 e. The van der Waals surface area contributed by atoms with E-state index in [0.717, 1.165) is 18.5 Å². The number of pyridine rings is 1. The molecule has 2 aromatic rings. The van der Waals surface area contributed by atoms with Crippen molar-refractivity contribution in [1.82, 2.24) is 4.98 Å². The van der Waals surface area contributed by atoms with E-state index < -0.39 is 0 Å². The molecular weight excluding hydrogens is 227 g/mol. The van der Waals surface area contributed by atoms with Crippen molar-refractivity contribution < 1.29 is 4.39 Å². The highest BCUT2D eigenvalue weighted by Crippen LogP contribution is 2.29. The molecule has 0 aliphatic heterocycles. The summed E-state index contributed by atoms with van der Waals surface area (Å²) in [5.74, 6) is -0.382. The van der Waals surface area contributed by atoms with Gasteiger partial charge in [0.2, 0.25) is 0 Å². The van der Waals surface area contributed by atoms with Gasteiger partial charge in [-0.3, -0.25) is 4.98 Å². The molecule has 1 aromatic carbocycles. The number of fused-ring (bicyclic) bond motifs is 1. The summed E-state index contributed by atoms with van der Waals surface area (Å²) in [6.45, 7) is 2.05. The molecule has 0 saturated heterocycles. The van der Waals surface area contributed by atoms with Gasteiger partial charge in [0.1, 0.15) is 5.82 Å². The zero-order valence-electron chi connectivity index (χ0n) is 8.93. The number of benzene rings is 1. The first-order valence-corrected chi connectivity index (χ1v) is 5.54. The van der Waals surface area contributed by atoms with E-state index in [9.17, 15) is 4.39 Å². The Morgan fingerprint density at radius 1 is 1.44 bits per heavy atom. The first-order chi connectivity index (χ1) is 7.63. The first-order valence-electron chi connectivity index (χ1n) is 5.16. The topological polar surface area (TPSA) is 38.9 Å². The number of aromatic nitrogens is 1. The van der Waals surface area contributed by atoms with Crippen LogP contribution in [0.2, 0.25) is 5.02 Å². The van der Waals surface area contributed by atoms with Crippen LogP contribution in [0, 0.1) is 5.82 Å². The summed E-state index contributed by atoms with van der Waals surface area (Å²) in [6.07, 6.45) is 1.78. The second-order valence-corrected chi connectivity index (χ2v) is 4.11. The van der Waals surface area contributed by atoms with Crippen LogP contribution in [0.5, 0.6) is 0 Å². The summed E-state index contributed by atoms with van der Waals surface area (Å²) >= 11 is 5.99. The fourth-order valence-corrected chi connectivity index (χ4v) is 1.94. The third-order valence-electron chi connectivity index (χ3n) is 2.45. The molecule has 0 amide bonds. The Labute approximate surface area is 98.2 Å². The predicted octanol–water partition coefficient (Wildman–Crippen LogP) is 3.56. The van der Waals surface area contributed by atoms with Gasteiger partial charge in [0.25, 0.3) is 0 Å². The van der Waals surface area contributed by atoms with Gasteiger partial charge in [-0.15, -0.1) is 0 Å². The van der Waals surface area contributed by atoms with E-state index in [0.29, 0.717) is 21.6 Å². The van der Waals surface area contributed by atoms with E-state index in [1.807, 2.05) is 0 Å². The molecule has 0 radical (unpaired) electrons. The minimum Gasteiger partial charge on any atom is -0.398 e. The molecule has 1 aromatic heterocycles. The Balaban J connectivity index is 2.76. The van der Waals surface area contributed by atoms with Gasteiger partial charge < -0.3 is 5.73 Å². The Bertz CT molecular complexity index is 540. The van der Waals surface area contributed by atoms with Crippen LogP contribution in [0.1, 0.15) is 19.0 Å². The SMILES string of the molecule is CCCc1cc(N)c2c(F)ccc(Cl)c2n1. The van der Waals surface area contributed by atoms with Gasteiger partial charge in [-0.05, 0) is 24.6 Å². The molecule has 2 N–H and O–H groups in total. The van der Waals surface area contributed by atoms with E-state index in [-0.39, 0.29) is 5.82 Å². The number of rotatable bonds is 2. The van der Waals surface area contributed by atoms with Gasteiger partial charge in [0.05, 0.1) is 15.9 Å². The van der Waals surface area contributed by atoms with E-state index in [1.165, 1.54) is 12.1 Å². The van der Waals surface area contributed by atoms with Gasteiger partial charge in [0, 0.05) is 11.4 Å². The van der Waals surface area contributed by atoms with Gasteiger partial charge in [0.15, 0.2) is 0 Å². The second-order valence-electron chi connectivity index (χ2n) is 3.71. The summed E-state index contributed by atoms with van der Waals surface area (Å²) < 4.78 is 13.6. The molecule has 2 rings (SSSR count). The molecule has 0 saturated carbocycles. The lowest BCUT2D eigenvalue weighted by Crippen LogP contribution is -1.97. The number of aryl methyl sites for hydroxylation is 1. The summed E-state index contributed by atoms with van der Waals surface area (Å²) in [7, 11) is 0. The highest BCUT2D eigenvalue weighted by Gasteiger charge is 2.10. The van der Waals surface area contributed by atoms with Crippen LogP contribution in [0.3, 0.4) is 0 Å². The third kappa shape index (κ3) is 1.83. The van der Waals surface area contributed by atoms with Crippen molar-refractivity contribution in [3.63, 3.8) is 0 Å². The average molecular weight is 239 g/mol. The number of nitrogen functional groups attached to an aromatic ring is 1. The van der Waals surface area contributed by atoms with Crippen molar-refractivity contribution in [2.75, 3.05) is 5.73 Å². The molecular formula is C12H12ClFN2. The standard InChI is InChI=1S/C12H12ClFN2/c1-2-3-7-6-10(15)11-9(14)5-4-8(13)12(11)16-7/h4-6H,2-3H2,1H3,(H2,15,16). The fourth-order valence-electron chi connectivity index (χ4n) is 1.74. The Morgan fingerprint density at radius 3 is 2.88 bits per heavy atom. The van der Waals surface area contributed by atoms with Crippen molar-refractivity contribution in [1.29, 1.82) is 0 Å². The minimum atomic E-state index is -0.382. The smallest absolute Gasteiger partial charge is 0.134 e. The molecule has 0 bridgehead atoms. The molecule has 0 atom stereocenters.